The van der Waals surface area contributed by atoms with Crippen molar-refractivity contribution in [2.24, 2.45) is 5.41 Å². The van der Waals surface area contributed by atoms with Crippen molar-refractivity contribution >= 4 is 8.07 Å². The Morgan fingerprint density at radius 3 is 2.14 bits per heavy atom. The highest BCUT2D eigenvalue weighted by atomic mass is 28.3. The Hall–Kier alpha value is 0.177. The van der Waals surface area contributed by atoms with Gasteiger partial charge in [-0.15, -0.1) is 0 Å². The van der Waals surface area contributed by atoms with E-state index in [0.717, 1.165) is 13.2 Å². The van der Waals surface area contributed by atoms with Crippen molar-refractivity contribution in [1.29, 1.82) is 0 Å². The van der Waals surface area contributed by atoms with Crippen LogP contribution in [0.5, 0.6) is 0 Å². The first kappa shape index (κ1) is 14.2. The summed E-state index contributed by atoms with van der Waals surface area (Å²) in [6, 6.07) is 1.39. The zero-order chi connectivity index (χ0) is 11.2. The lowest BCUT2D eigenvalue weighted by atomic mass is 9.92. The third-order valence-corrected chi connectivity index (χ3v) is 4.52. The van der Waals surface area contributed by atoms with E-state index in [-0.39, 0.29) is 0 Å². The van der Waals surface area contributed by atoms with E-state index in [1.165, 1.54) is 18.9 Å². The molecule has 0 aliphatic rings. The molecule has 0 heterocycles. The third-order valence-electron chi connectivity index (χ3n) is 2.67. The fraction of sp³-hybridized carbons (Fsp3) is 1.00. The van der Waals surface area contributed by atoms with E-state index in [9.17, 15) is 0 Å². The Balaban J connectivity index is 3.39. The Morgan fingerprint density at radius 1 is 1.14 bits per heavy atom. The molecule has 0 saturated carbocycles. The first-order valence-corrected chi connectivity index (χ1v) is 9.55. The molecule has 0 radical (unpaired) electrons. The van der Waals surface area contributed by atoms with Gasteiger partial charge in [-0.25, -0.2) is 0 Å². The Morgan fingerprint density at radius 2 is 1.71 bits per heavy atom. The maximum Gasteiger partial charge on any atom is 0.0517 e. The van der Waals surface area contributed by atoms with E-state index in [1.54, 1.807) is 0 Å². The summed E-state index contributed by atoms with van der Waals surface area (Å²) in [7, 11) is -0.841. The molecule has 0 aromatic heterocycles. The lowest BCUT2D eigenvalue weighted by Gasteiger charge is -2.22. The van der Waals surface area contributed by atoms with Crippen molar-refractivity contribution in [2.45, 2.75) is 59.3 Å². The highest BCUT2D eigenvalue weighted by Gasteiger charge is 2.15. The van der Waals surface area contributed by atoms with Crippen molar-refractivity contribution in [3.8, 4) is 0 Å². The van der Waals surface area contributed by atoms with Crippen molar-refractivity contribution in [1.82, 2.24) is 0 Å². The summed E-state index contributed by atoms with van der Waals surface area (Å²) in [5.74, 6) is 0. The molecule has 0 aliphatic heterocycles. The van der Waals surface area contributed by atoms with Gasteiger partial charge in [0.25, 0.3) is 0 Å². The van der Waals surface area contributed by atoms with Crippen molar-refractivity contribution in [2.75, 3.05) is 13.2 Å². The SMILES string of the molecule is CCC(C)(C)COCCC[Si](C)(C)C. The van der Waals surface area contributed by atoms with Crippen LogP contribution in [-0.2, 0) is 4.74 Å². The summed E-state index contributed by atoms with van der Waals surface area (Å²) >= 11 is 0. The van der Waals surface area contributed by atoms with Crippen LogP contribution in [0, 0.1) is 5.41 Å². The minimum absolute atomic E-state index is 0.360. The van der Waals surface area contributed by atoms with E-state index in [1.807, 2.05) is 0 Å². The van der Waals surface area contributed by atoms with Gasteiger partial charge >= 0.3 is 0 Å². The topological polar surface area (TPSA) is 9.23 Å². The smallest absolute Gasteiger partial charge is 0.0517 e. The second-order valence-electron chi connectivity index (χ2n) is 6.23. The molecule has 0 unspecified atom stereocenters. The van der Waals surface area contributed by atoms with Crippen LogP contribution in [0.2, 0.25) is 25.7 Å². The minimum Gasteiger partial charge on any atom is -0.381 e. The average Bonchev–Trinajstić information content (AvgIpc) is 2.01. The molecule has 0 fully saturated rings. The molecule has 0 aliphatic carbocycles. The van der Waals surface area contributed by atoms with Crippen molar-refractivity contribution < 1.29 is 4.74 Å². The highest BCUT2D eigenvalue weighted by molar-refractivity contribution is 6.76. The van der Waals surface area contributed by atoms with Gasteiger partial charge in [-0.05, 0) is 18.3 Å². The second kappa shape index (κ2) is 5.91. The van der Waals surface area contributed by atoms with Crippen LogP contribution in [0.4, 0.5) is 0 Å². The molecule has 0 aromatic rings. The van der Waals surface area contributed by atoms with Gasteiger partial charge < -0.3 is 4.74 Å². The van der Waals surface area contributed by atoms with Gasteiger partial charge in [0, 0.05) is 14.7 Å². The first-order valence-electron chi connectivity index (χ1n) is 5.85. The van der Waals surface area contributed by atoms with Crippen LogP contribution in [0.1, 0.15) is 33.6 Å². The van der Waals surface area contributed by atoms with Crippen LogP contribution in [0.15, 0.2) is 0 Å². The molecule has 0 spiro atoms. The minimum atomic E-state index is -0.841. The zero-order valence-electron chi connectivity index (χ0n) is 10.9. The lowest BCUT2D eigenvalue weighted by molar-refractivity contribution is 0.0606. The standard InChI is InChI=1S/C12H28OSi/c1-7-12(2,3)11-13-9-8-10-14(4,5)6/h7-11H2,1-6H3. The summed E-state index contributed by atoms with van der Waals surface area (Å²) in [5, 5.41) is 0. The Labute approximate surface area is 91.2 Å². The monoisotopic (exact) mass is 216 g/mol. The van der Waals surface area contributed by atoms with Gasteiger partial charge in [-0.3, -0.25) is 0 Å². The van der Waals surface area contributed by atoms with Crippen LogP contribution in [-0.4, -0.2) is 21.3 Å². The third kappa shape index (κ3) is 8.76. The zero-order valence-corrected chi connectivity index (χ0v) is 11.9. The van der Waals surface area contributed by atoms with Gasteiger partial charge in [0.1, 0.15) is 0 Å². The predicted octanol–water partition coefficient (Wildman–Crippen LogP) is 4.17. The molecule has 0 amide bonds. The molecule has 0 bridgehead atoms. The van der Waals surface area contributed by atoms with Crippen molar-refractivity contribution in [3.63, 3.8) is 0 Å². The summed E-state index contributed by atoms with van der Waals surface area (Å²) in [4.78, 5) is 0. The Bertz CT molecular complexity index is 147. The number of hydrogen-bond acceptors (Lipinski definition) is 1. The molecule has 0 rings (SSSR count). The molecule has 0 N–H and O–H groups in total. The van der Waals surface area contributed by atoms with E-state index in [2.05, 4.69) is 40.4 Å². The van der Waals surface area contributed by atoms with Gasteiger partial charge in [-0.2, -0.15) is 0 Å². The fourth-order valence-electron chi connectivity index (χ4n) is 1.16. The summed E-state index contributed by atoms with van der Waals surface area (Å²) in [5.41, 5.74) is 0.360. The lowest BCUT2D eigenvalue weighted by Crippen LogP contribution is -2.21. The molecule has 86 valence electrons. The number of ether oxygens (including phenoxy) is 1. The summed E-state index contributed by atoms with van der Waals surface area (Å²) < 4.78 is 5.71. The second-order valence-corrected chi connectivity index (χ2v) is 11.9. The maximum atomic E-state index is 5.71. The van der Waals surface area contributed by atoms with Gasteiger partial charge in [0.05, 0.1) is 6.61 Å². The van der Waals surface area contributed by atoms with E-state index in [0.29, 0.717) is 5.41 Å². The fourth-order valence-corrected chi connectivity index (χ4v) is 2.36. The van der Waals surface area contributed by atoms with Gasteiger partial charge in [0.2, 0.25) is 0 Å². The Kier molecular flexibility index (Phi) is 5.99. The molecular weight excluding hydrogens is 188 g/mol. The summed E-state index contributed by atoms with van der Waals surface area (Å²) in [6.45, 7) is 15.9. The first-order chi connectivity index (χ1) is 6.27. The number of hydrogen-bond donors (Lipinski definition) is 0. The van der Waals surface area contributed by atoms with Crippen LogP contribution < -0.4 is 0 Å². The normalized spacial score (nSPS) is 13.3. The van der Waals surface area contributed by atoms with E-state index < -0.39 is 8.07 Å². The molecule has 0 aromatic carbocycles. The maximum absolute atomic E-state index is 5.71. The van der Waals surface area contributed by atoms with Gasteiger partial charge in [0.15, 0.2) is 0 Å². The van der Waals surface area contributed by atoms with E-state index in [4.69, 9.17) is 4.74 Å². The molecule has 14 heavy (non-hydrogen) atoms. The molecule has 2 heteroatoms. The van der Waals surface area contributed by atoms with Crippen LogP contribution >= 0.6 is 0 Å². The van der Waals surface area contributed by atoms with Gasteiger partial charge in [-0.1, -0.05) is 46.5 Å². The van der Waals surface area contributed by atoms with Crippen LogP contribution in [0.3, 0.4) is 0 Å². The highest BCUT2D eigenvalue weighted by Crippen LogP contribution is 2.20. The van der Waals surface area contributed by atoms with Crippen molar-refractivity contribution in [3.05, 3.63) is 0 Å². The molecule has 1 nitrogen and oxygen atoms in total. The molecule has 0 atom stereocenters. The molecular formula is C12H28OSi. The summed E-state index contributed by atoms with van der Waals surface area (Å²) in [6.07, 6.45) is 2.44. The largest absolute Gasteiger partial charge is 0.381 e. The average molecular weight is 216 g/mol. The van der Waals surface area contributed by atoms with Crippen LogP contribution in [0.25, 0.3) is 0 Å². The predicted molar refractivity (Wildman–Crippen MR) is 67.7 cm³/mol. The van der Waals surface area contributed by atoms with E-state index >= 15 is 0 Å². The number of rotatable bonds is 7. The molecule has 0 saturated heterocycles. The quantitative estimate of drug-likeness (QED) is 0.458.